The fourth-order valence-electron chi connectivity index (χ4n) is 1.39. The van der Waals surface area contributed by atoms with Crippen molar-refractivity contribution in [3.8, 4) is 0 Å². The zero-order chi connectivity index (χ0) is 15.8. The van der Waals surface area contributed by atoms with Crippen LogP contribution in [0.4, 0.5) is 5.69 Å². The van der Waals surface area contributed by atoms with Gasteiger partial charge in [0.15, 0.2) is 0 Å². The molecule has 0 atom stereocenters. The van der Waals surface area contributed by atoms with Gasteiger partial charge in [0.25, 0.3) is 0 Å². The Labute approximate surface area is 125 Å². The molecule has 0 amide bonds. The normalized spacial score (nSPS) is 10.6. The van der Waals surface area contributed by atoms with E-state index < -0.39 is 11.9 Å². The van der Waals surface area contributed by atoms with E-state index in [1.54, 1.807) is 38.4 Å². The van der Waals surface area contributed by atoms with Crippen molar-refractivity contribution in [1.29, 1.82) is 0 Å². The first-order valence-electron chi connectivity index (χ1n) is 5.85. The molecule has 116 valence electrons. The highest BCUT2D eigenvalue weighted by Gasteiger charge is 2.14. The monoisotopic (exact) mass is 316 g/mol. The summed E-state index contributed by atoms with van der Waals surface area (Å²) in [4.78, 5) is 28.2. The molecular formula is C12H16N2O6S. The molecule has 0 fully saturated rings. The van der Waals surface area contributed by atoms with E-state index in [1.165, 1.54) is 9.96 Å². The number of hydroxylamine groups is 2. The standard InChI is InChI=1S/C12H16N2O6S/c1-13(2)19-20-21-10-5-3-9(4-6-10)14(7-11(15)16)8-12(17)18/h3-6H,7-8H2,1-2H3,(H,15,16)(H,17,18). The molecule has 0 bridgehead atoms. The summed E-state index contributed by atoms with van der Waals surface area (Å²) < 4.78 is 4.85. The first-order chi connectivity index (χ1) is 9.88. The first kappa shape index (κ1) is 17.2. The van der Waals surface area contributed by atoms with E-state index in [9.17, 15) is 9.59 Å². The van der Waals surface area contributed by atoms with Crippen LogP contribution in [0.15, 0.2) is 29.2 Å². The molecule has 8 nitrogen and oxygen atoms in total. The van der Waals surface area contributed by atoms with Gasteiger partial charge in [0.1, 0.15) is 13.1 Å². The lowest BCUT2D eigenvalue weighted by Gasteiger charge is -2.20. The minimum absolute atomic E-state index is 0.390. The molecule has 0 radical (unpaired) electrons. The summed E-state index contributed by atoms with van der Waals surface area (Å²) in [6.07, 6.45) is 0. The molecule has 0 heterocycles. The van der Waals surface area contributed by atoms with E-state index in [-0.39, 0.29) is 13.1 Å². The van der Waals surface area contributed by atoms with Crippen LogP contribution in [-0.4, -0.2) is 54.4 Å². The lowest BCUT2D eigenvalue weighted by Crippen LogP contribution is -2.34. The van der Waals surface area contributed by atoms with Gasteiger partial charge in [-0.15, -0.1) is 9.32 Å². The lowest BCUT2D eigenvalue weighted by molar-refractivity contribution is -0.340. The lowest BCUT2D eigenvalue weighted by atomic mass is 10.3. The van der Waals surface area contributed by atoms with Gasteiger partial charge < -0.3 is 15.1 Å². The number of carboxylic acids is 2. The predicted molar refractivity (Wildman–Crippen MR) is 75.6 cm³/mol. The summed E-state index contributed by atoms with van der Waals surface area (Å²) in [7, 11) is 3.33. The second-order valence-corrected chi connectivity index (χ2v) is 4.95. The van der Waals surface area contributed by atoms with Crippen molar-refractivity contribution in [2.45, 2.75) is 4.90 Å². The maximum absolute atomic E-state index is 10.8. The molecule has 0 aromatic heterocycles. The molecule has 0 unspecified atom stereocenters. The molecular weight excluding hydrogens is 300 g/mol. The molecule has 0 saturated heterocycles. The van der Waals surface area contributed by atoms with E-state index in [2.05, 4.69) is 0 Å². The van der Waals surface area contributed by atoms with Crippen LogP contribution in [0.3, 0.4) is 0 Å². The first-order valence-corrected chi connectivity index (χ1v) is 6.60. The number of anilines is 1. The average Bonchev–Trinajstić information content (AvgIpc) is 2.37. The molecule has 0 aliphatic rings. The summed E-state index contributed by atoms with van der Waals surface area (Å²) in [5, 5.41) is 19.0. The quantitative estimate of drug-likeness (QED) is 0.394. The summed E-state index contributed by atoms with van der Waals surface area (Å²) in [5.74, 6) is -2.20. The van der Waals surface area contributed by atoms with Gasteiger partial charge in [-0.05, 0) is 24.3 Å². The number of carbonyl (C=O) groups is 2. The highest BCUT2D eigenvalue weighted by atomic mass is 32.2. The molecule has 0 spiro atoms. The topological polar surface area (TPSA) is 99.5 Å². The van der Waals surface area contributed by atoms with Gasteiger partial charge in [-0.25, -0.2) is 0 Å². The van der Waals surface area contributed by atoms with Crippen molar-refractivity contribution in [3.63, 3.8) is 0 Å². The summed E-state index contributed by atoms with van der Waals surface area (Å²) >= 11 is 0.982. The number of hydrogen-bond acceptors (Lipinski definition) is 7. The van der Waals surface area contributed by atoms with Gasteiger partial charge in [0, 0.05) is 24.7 Å². The van der Waals surface area contributed by atoms with Gasteiger partial charge in [0.2, 0.25) is 0 Å². The Hall–Kier alpha value is -1.81. The molecule has 1 aromatic rings. The van der Waals surface area contributed by atoms with Crippen molar-refractivity contribution < 1.29 is 29.1 Å². The average molecular weight is 316 g/mol. The zero-order valence-electron chi connectivity index (χ0n) is 11.6. The Morgan fingerprint density at radius 1 is 1.10 bits per heavy atom. The van der Waals surface area contributed by atoms with E-state index >= 15 is 0 Å². The third-order valence-corrected chi connectivity index (χ3v) is 2.76. The Morgan fingerprint density at radius 2 is 1.62 bits per heavy atom. The third kappa shape index (κ3) is 6.95. The van der Waals surface area contributed by atoms with Crippen LogP contribution in [0.2, 0.25) is 0 Å². The SMILES string of the molecule is CN(C)OOSc1ccc(N(CC(=O)O)CC(=O)O)cc1. The van der Waals surface area contributed by atoms with Crippen molar-refractivity contribution >= 4 is 29.7 Å². The van der Waals surface area contributed by atoms with Gasteiger partial charge >= 0.3 is 11.9 Å². The Kier molecular flexibility index (Phi) is 6.96. The fourth-order valence-corrected chi connectivity index (χ4v) is 1.87. The maximum atomic E-state index is 10.8. The molecule has 2 N–H and O–H groups in total. The molecule has 0 aliphatic carbocycles. The fraction of sp³-hybridized carbons (Fsp3) is 0.333. The van der Waals surface area contributed by atoms with Gasteiger partial charge in [-0.1, -0.05) is 0 Å². The number of hydrogen-bond donors (Lipinski definition) is 2. The van der Waals surface area contributed by atoms with Gasteiger partial charge in [0.05, 0.1) is 12.0 Å². The minimum atomic E-state index is -1.10. The second kappa shape index (κ2) is 8.47. The molecule has 21 heavy (non-hydrogen) atoms. The van der Waals surface area contributed by atoms with Crippen molar-refractivity contribution in [2.75, 3.05) is 32.1 Å². The van der Waals surface area contributed by atoms with Crippen LogP contribution < -0.4 is 4.90 Å². The van der Waals surface area contributed by atoms with Crippen LogP contribution >= 0.6 is 12.0 Å². The van der Waals surface area contributed by atoms with Crippen LogP contribution in [0, 0.1) is 0 Å². The number of carboxylic acid groups (broad SMARTS) is 2. The van der Waals surface area contributed by atoms with Crippen LogP contribution in [0.1, 0.15) is 0 Å². The van der Waals surface area contributed by atoms with Crippen molar-refractivity contribution in [3.05, 3.63) is 24.3 Å². The largest absolute Gasteiger partial charge is 0.480 e. The molecule has 1 rings (SSSR count). The van der Waals surface area contributed by atoms with Crippen molar-refractivity contribution in [1.82, 2.24) is 5.06 Å². The summed E-state index contributed by atoms with van der Waals surface area (Å²) in [6.45, 7) is -0.780. The van der Waals surface area contributed by atoms with Crippen LogP contribution in [0.25, 0.3) is 0 Å². The number of nitrogens with zero attached hydrogens (tertiary/aromatic N) is 2. The molecule has 1 aromatic carbocycles. The Balaban J connectivity index is 2.68. The second-order valence-electron chi connectivity index (χ2n) is 4.18. The van der Waals surface area contributed by atoms with Crippen molar-refractivity contribution in [2.24, 2.45) is 0 Å². The number of benzene rings is 1. The number of rotatable bonds is 9. The molecule has 0 saturated carbocycles. The molecule has 0 aliphatic heterocycles. The van der Waals surface area contributed by atoms with E-state index in [1.807, 2.05) is 0 Å². The minimum Gasteiger partial charge on any atom is -0.480 e. The maximum Gasteiger partial charge on any atom is 0.323 e. The highest BCUT2D eigenvalue weighted by molar-refractivity contribution is 7.94. The summed E-state index contributed by atoms with van der Waals surface area (Å²) in [5.41, 5.74) is 0.498. The van der Waals surface area contributed by atoms with E-state index in [0.29, 0.717) is 5.69 Å². The van der Waals surface area contributed by atoms with Crippen LogP contribution in [0.5, 0.6) is 0 Å². The summed E-state index contributed by atoms with van der Waals surface area (Å²) in [6, 6.07) is 6.59. The van der Waals surface area contributed by atoms with E-state index in [0.717, 1.165) is 16.9 Å². The Morgan fingerprint density at radius 3 is 2.05 bits per heavy atom. The third-order valence-electron chi connectivity index (χ3n) is 2.16. The predicted octanol–water partition coefficient (Wildman–Crippen LogP) is 1.09. The van der Waals surface area contributed by atoms with Crippen LogP contribution in [-0.2, 0) is 18.9 Å². The molecule has 9 heteroatoms. The zero-order valence-corrected chi connectivity index (χ0v) is 12.4. The smallest absolute Gasteiger partial charge is 0.323 e. The van der Waals surface area contributed by atoms with Gasteiger partial charge in [-0.2, -0.15) is 5.06 Å². The van der Waals surface area contributed by atoms with E-state index in [4.69, 9.17) is 19.5 Å². The Bertz CT molecular complexity index is 463. The van der Waals surface area contributed by atoms with Gasteiger partial charge in [-0.3, -0.25) is 9.59 Å². The number of aliphatic carboxylic acids is 2. The highest BCUT2D eigenvalue weighted by Crippen LogP contribution is 2.23.